The van der Waals surface area contributed by atoms with E-state index in [1.54, 1.807) is 20.4 Å². The molecule has 5 nitrogen and oxygen atoms in total. The predicted molar refractivity (Wildman–Crippen MR) is 71.0 cm³/mol. The fraction of sp³-hybridized carbons (Fsp3) is 0.545. The van der Waals surface area contributed by atoms with E-state index in [9.17, 15) is 0 Å². The first-order chi connectivity index (χ1) is 8.21. The predicted octanol–water partition coefficient (Wildman–Crippen LogP) is 1.38. The van der Waals surface area contributed by atoms with Gasteiger partial charge in [0, 0.05) is 43.5 Å². The van der Waals surface area contributed by atoms with Gasteiger partial charge in [-0.3, -0.25) is 0 Å². The van der Waals surface area contributed by atoms with Crippen LogP contribution in [0.1, 0.15) is 5.56 Å². The van der Waals surface area contributed by atoms with Crippen molar-refractivity contribution in [2.45, 2.75) is 12.6 Å². The van der Waals surface area contributed by atoms with Gasteiger partial charge in [-0.25, -0.2) is 4.98 Å². The Labute approximate surface area is 110 Å². The summed E-state index contributed by atoms with van der Waals surface area (Å²) in [6.07, 6.45) is 1.73. The highest BCUT2D eigenvalue weighted by molar-refractivity contribution is 9.10. The summed E-state index contributed by atoms with van der Waals surface area (Å²) in [7, 11) is 3.30. The second-order valence-electron chi connectivity index (χ2n) is 3.56. The van der Waals surface area contributed by atoms with E-state index >= 15 is 0 Å². The number of ether oxygens (including phenoxy) is 2. The molecule has 1 unspecified atom stereocenters. The zero-order valence-electron chi connectivity index (χ0n) is 10.1. The van der Waals surface area contributed by atoms with E-state index in [1.807, 2.05) is 6.07 Å². The maximum Gasteiger partial charge on any atom is 0.130 e. The zero-order valence-corrected chi connectivity index (χ0v) is 11.7. The van der Waals surface area contributed by atoms with Gasteiger partial charge in [0.25, 0.3) is 0 Å². The highest BCUT2D eigenvalue weighted by atomic mass is 79.9. The molecule has 0 amide bonds. The Kier molecular flexibility index (Phi) is 6.43. The van der Waals surface area contributed by atoms with E-state index in [0.29, 0.717) is 19.7 Å². The number of hydrogen-bond donors (Lipinski definition) is 2. The molecule has 0 aliphatic rings. The van der Waals surface area contributed by atoms with Crippen molar-refractivity contribution >= 4 is 21.7 Å². The minimum atomic E-state index is -0.00364. The minimum absolute atomic E-state index is 0.00364. The third-order valence-corrected chi connectivity index (χ3v) is 2.77. The molecular weight excluding hydrogens is 286 g/mol. The number of nitrogens with one attached hydrogen (secondary N) is 1. The van der Waals surface area contributed by atoms with Crippen LogP contribution in [0.25, 0.3) is 0 Å². The van der Waals surface area contributed by atoms with Crippen molar-refractivity contribution in [3.63, 3.8) is 0 Å². The normalized spacial score (nSPS) is 12.5. The SMILES string of the molecule is COCC(CNc1ncc(Br)cc1CN)OC. The van der Waals surface area contributed by atoms with Gasteiger partial charge in [-0.1, -0.05) is 0 Å². The van der Waals surface area contributed by atoms with E-state index in [4.69, 9.17) is 15.2 Å². The molecule has 0 radical (unpaired) electrons. The number of anilines is 1. The van der Waals surface area contributed by atoms with Crippen LogP contribution in [0, 0.1) is 0 Å². The quantitative estimate of drug-likeness (QED) is 0.796. The van der Waals surface area contributed by atoms with E-state index < -0.39 is 0 Å². The number of methoxy groups -OCH3 is 2. The number of nitrogens with zero attached hydrogens (tertiary/aromatic N) is 1. The van der Waals surface area contributed by atoms with Crippen LogP contribution in [0.5, 0.6) is 0 Å². The standard InChI is InChI=1S/C11H18BrN3O2/c1-16-7-10(17-2)6-15-11-8(4-13)3-9(12)5-14-11/h3,5,10H,4,6-7,13H2,1-2H3,(H,14,15). The molecule has 96 valence electrons. The largest absolute Gasteiger partial charge is 0.382 e. The topological polar surface area (TPSA) is 69.4 Å². The summed E-state index contributed by atoms with van der Waals surface area (Å²) in [5.41, 5.74) is 6.62. The molecule has 0 aliphatic carbocycles. The molecule has 0 saturated heterocycles. The monoisotopic (exact) mass is 303 g/mol. The molecule has 1 aromatic rings. The van der Waals surface area contributed by atoms with Crippen molar-refractivity contribution in [3.8, 4) is 0 Å². The smallest absolute Gasteiger partial charge is 0.130 e. The number of aromatic nitrogens is 1. The van der Waals surface area contributed by atoms with Gasteiger partial charge in [-0.2, -0.15) is 0 Å². The van der Waals surface area contributed by atoms with E-state index in [0.717, 1.165) is 15.9 Å². The van der Waals surface area contributed by atoms with Crippen LogP contribution in [0.4, 0.5) is 5.82 Å². The average Bonchev–Trinajstić information content (AvgIpc) is 2.35. The van der Waals surface area contributed by atoms with Gasteiger partial charge in [0.2, 0.25) is 0 Å². The summed E-state index contributed by atoms with van der Waals surface area (Å²) in [5.74, 6) is 0.786. The Morgan fingerprint density at radius 3 is 2.88 bits per heavy atom. The van der Waals surface area contributed by atoms with Gasteiger partial charge in [0.1, 0.15) is 5.82 Å². The van der Waals surface area contributed by atoms with Gasteiger partial charge < -0.3 is 20.5 Å². The van der Waals surface area contributed by atoms with Gasteiger partial charge >= 0.3 is 0 Å². The molecule has 17 heavy (non-hydrogen) atoms. The summed E-state index contributed by atoms with van der Waals surface area (Å²) in [5, 5.41) is 3.21. The second-order valence-corrected chi connectivity index (χ2v) is 4.48. The minimum Gasteiger partial charge on any atom is -0.382 e. The highest BCUT2D eigenvalue weighted by Gasteiger charge is 2.09. The fourth-order valence-electron chi connectivity index (χ4n) is 1.40. The van der Waals surface area contributed by atoms with Crippen molar-refractivity contribution in [3.05, 3.63) is 22.3 Å². The molecule has 3 N–H and O–H groups in total. The Balaban J connectivity index is 2.61. The molecule has 1 aromatic heterocycles. The van der Waals surface area contributed by atoms with Gasteiger partial charge in [-0.05, 0) is 22.0 Å². The first-order valence-electron chi connectivity index (χ1n) is 5.31. The zero-order chi connectivity index (χ0) is 12.7. The van der Waals surface area contributed by atoms with Crippen molar-refractivity contribution in [1.82, 2.24) is 4.98 Å². The maximum atomic E-state index is 5.66. The van der Waals surface area contributed by atoms with Gasteiger partial charge in [0.15, 0.2) is 0 Å². The van der Waals surface area contributed by atoms with Crippen LogP contribution in [-0.2, 0) is 16.0 Å². The molecule has 0 aliphatic heterocycles. The lowest BCUT2D eigenvalue weighted by atomic mass is 10.2. The molecule has 0 saturated carbocycles. The summed E-state index contributed by atoms with van der Waals surface area (Å²) in [6, 6.07) is 1.95. The number of hydrogen-bond acceptors (Lipinski definition) is 5. The molecule has 6 heteroatoms. The summed E-state index contributed by atoms with van der Waals surface area (Å²) < 4.78 is 11.2. The van der Waals surface area contributed by atoms with E-state index in [2.05, 4.69) is 26.2 Å². The van der Waals surface area contributed by atoms with Crippen molar-refractivity contribution < 1.29 is 9.47 Å². The van der Waals surface area contributed by atoms with Crippen LogP contribution < -0.4 is 11.1 Å². The molecular formula is C11H18BrN3O2. The molecule has 0 aromatic carbocycles. The molecule has 1 rings (SSSR count). The van der Waals surface area contributed by atoms with Crippen molar-refractivity contribution in [2.24, 2.45) is 5.73 Å². The summed E-state index contributed by atoms with van der Waals surface area (Å²) >= 11 is 3.37. The van der Waals surface area contributed by atoms with Crippen molar-refractivity contribution in [2.75, 3.05) is 32.7 Å². The third kappa shape index (κ3) is 4.59. The highest BCUT2D eigenvalue weighted by Crippen LogP contribution is 2.17. The van der Waals surface area contributed by atoms with Gasteiger partial charge in [0.05, 0.1) is 12.7 Å². The second kappa shape index (κ2) is 7.60. The van der Waals surface area contributed by atoms with Crippen LogP contribution in [0.2, 0.25) is 0 Å². The Hall–Kier alpha value is -0.690. The molecule has 0 bridgehead atoms. The Morgan fingerprint density at radius 1 is 1.53 bits per heavy atom. The number of nitrogens with two attached hydrogens (primary N) is 1. The Bertz CT molecular complexity index is 349. The van der Waals surface area contributed by atoms with Crippen LogP contribution >= 0.6 is 15.9 Å². The summed E-state index contributed by atoms with van der Waals surface area (Å²) in [4.78, 5) is 4.28. The lowest BCUT2D eigenvalue weighted by Gasteiger charge is -2.16. The molecule has 1 heterocycles. The van der Waals surface area contributed by atoms with E-state index in [-0.39, 0.29) is 6.10 Å². The average molecular weight is 304 g/mol. The number of halogens is 1. The van der Waals surface area contributed by atoms with Gasteiger partial charge in [-0.15, -0.1) is 0 Å². The lowest BCUT2D eigenvalue weighted by Crippen LogP contribution is -2.27. The van der Waals surface area contributed by atoms with Crippen LogP contribution in [0.15, 0.2) is 16.7 Å². The van der Waals surface area contributed by atoms with Crippen LogP contribution in [0.3, 0.4) is 0 Å². The lowest BCUT2D eigenvalue weighted by molar-refractivity contribution is 0.0365. The third-order valence-electron chi connectivity index (χ3n) is 2.34. The van der Waals surface area contributed by atoms with Crippen molar-refractivity contribution in [1.29, 1.82) is 0 Å². The molecule has 1 atom stereocenters. The summed E-state index contributed by atoms with van der Waals surface area (Å²) in [6.45, 7) is 1.61. The first-order valence-corrected chi connectivity index (χ1v) is 6.10. The van der Waals surface area contributed by atoms with Crippen LogP contribution in [-0.4, -0.2) is 38.5 Å². The Morgan fingerprint density at radius 2 is 2.29 bits per heavy atom. The molecule has 0 fully saturated rings. The number of pyridine rings is 1. The maximum absolute atomic E-state index is 5.66. The fourth-order valence-corrected chi connectivity index (χ4v) is 1.78. The van der Waals surface area contributed by atoms with E-state index in [1.165, 1.54) is 0 Å². The molecule has 0 spiro atoms. The number of rotatable bonds is 7. The first kappa shape index (κ1) is 14.4.